The number of piperidine rings is 1. The molecule has 0 atom stereocenters. The Bertz CT molecular complexity index is 490. The Morgan fingerprint density at radius 3 is 2.60 bits per heavy atom. The van der Waals surface area contributed by atoms with E-state index in [0.29, 0.717) is 24.9 Å². The SMILES string of the molecule is Cn1cnc([N+](=O)[O-])c1N1CCC(C2OCCO2)CC1. The van der Waals surface area contributed by atoms with E-state index in [9.17, 15) is 10.1 Å². The first kappa shape index (κ1) is 13.3. The molecule has 0 bridgehead atoms. The summed E-state index contributed by atoms with van der Waals surface area (Å²) in [6, 6.07) is 0. The van der Waals surface area contributed by atoms with E-state index in [4.69, 9.17) is 9.47 Å². The fourth-order valence-corrected chi connectivity index (χ4v) is 2.94. The molecular weight excluding hydrogens is 264 g/mol. The van der Waals surface area contributed by atoms with Crippen molar-refractivity contribution in [2.75, 3.05) is 31.2 Å². The van der Waals surface area contributed by atoms with Crippen LogP contribution in [0.5, 0.6) is 0 Å². The monoisotopic (exact) mass is 282 g/mol. The molecule has 2 saturated heterocycles. The number of anilines is 1. The van der Waals surface area contributed by atoms with Gasteiger partial charge in [-0.15, -0.1) is 0 Å². The third-order valence-electron chi connectivity index (χ3n) is 3.93. The summed E-state index contributed by atoms with van der Waals surface area (Å²) in [5, 5.41) is 11.0. The Morgan fingerprint density at radius 2 is 2.00 bits per heavy atom. The third kappa shape index (κ3) is 2.36. The van der Waals surface area contributed by atoms with E-state index in [2.05, 4.69) is 4.98 Å². The van der Waals surface area contributed by atoms with Crippen LogP contribution in [0.1, 0.15) is 12.8 Å². The van der Waals surface area contributed by atoms with Crippen molar-refractivity contribution in [2.24, 2.45) is 13.0 Å². The molecular formula is C12H18N4O4. The summed E-state index contributed by atoms with van der Waals surface area (Å²) >= 11 is 0. The Labute approximate surface area is 116 Å². The van der Waals surface area contributed by atoms with Crippen LogP contribution in [0, 0.1) is 16.0 Å². The van der Waals surface area contributed by atoms with Crippen molar-refractivity contribution in [3.05, 3.63) is 16.4 Å². The topological polar surface area (TPSA) is 82.7 Å². The van der Waals surface area contributed by atoms with Gasteiger partial charge in [0.05, 0.1) is 13.2 Å². The standard InChI is InChI=1S/C12H18N4O4/c1-14-8-13-10(16(17)18)11(14)15-4-2-9(3-5-15)12-19-6-7-20-12/h8-9,12H,2-7H2,1H3. The van der Waals surface area contributed by atoms with Crippen molar-refractivity contribution in [3.8, 4) is 0 Å². The van der Waals surface area contributed by atoms with E-state index in [1.807, 2.05) is 4.90 Å². The number of hydrogen-bond donors (Lipinski definition) is 0. The van der Waals surface area contributed by atoms with Crippen LogP contribution in [0.4, 0.5) is 11.6 Å². The average Bonchev–Trinajstić information content (AvgIpc) is 3.08. The molecule has 0 N–H and O–H groups in total. The van der Waals surface area contributed by atoms with Gasteiger partial charge < -0.3 is 24.5 Å². The number of aromatic nitrogens is 2. The molecule has 20 heavy (non-hydrogen) atoms. The smallest absolute Gasteiger partial charge is 0.358 e. The maximum Gasteiger partial charge on any atom is 0.406 e. The van der Waals surface area contributed by atoms with Crippen LogP contribution in [0.3, 0.4) is 0 Å². The van der Waals surface area contributed by atoms with Crippen molar-refractivity contribution >= 4 is 11.6 Å². The van der Waals surface area contributed by atoms with E-state index < -0.39 is 4.92 Å². The molecule has 8 heteroatoms. The van der Waals surface area contributed by atoms with Crippen LogP contribution in [0.15, 0.2) is 6.33 Å². The normalized spacial score (nSPS) is 21.6. The molecule has 2 aliphatic rings. The van der Waals surface area contributed by atoms with Gasteiger partial charge in [0.15, 0.2) is 6.29 Å². The second kappa shape index (κ2) is 5.37. The van der Waals surface area contributed by atoms with Gasteiger partial charge in [0.2, 0.25) is 12.1 Å². The van der Waals surface area contributed by atoms with Gasteiger partial charge >= 0.3 is 5.82 Å². The molecule has 110 valence electrons. The van der Waals surface area contributed by atoms with Gasteiger partial charge in [0.1, 0.15) is 0 Å². The molecule has 2 aliphatic heterocycles. The van der Waals surface area contributed by atoms with E-state index >= 15 is 0 Å². The first-order valence-electron chi connectivity index (χ1n) is 6.80. The second-order valence-electron chi connectivity index (χ2n) is 5.19. The van der Waals surface area contributed by atoms with Crippen molar-refractivity contribution < 1.29 is 14.4 Å². The van der Waals surface area contributed by atoms with E-state index in [-0.39, 0.29) is 12.1 Å². The Balaban J connectivity index is 1.68. The van der Waals surface area contributed by atoms with Crippen molar-refractivity contribution in [2.45, 2.75) is 19.1 Å². The molecule has 3 rings (SSSR count). The highest BCUT2D eigenvalue weighted by Gasteiger charge is 2.33. The van der Waals surface area contributed by atoms with Gasteiger partial charge in [-0.25, -0.2) is 0 Å². The quantitative estimate of drug-likeness (QED) is 0.605. The molecule has 3 heterocycles. The second-order valence-corrected chi connectivity index (χ2v) is 5.19. The molecule has 0 unspecified atom stereocenters. The van der Waals surface area contributed by atoms with Crippen LogP contribution >= 0.6 is 0 Å². The Hall–Kier alpha value is -1.67. The molecule has 0 radical (unpaired) electrons. The van der Waals surface area contributed by atoms with Gasteiger partial charge in [-0.05, 0) is 22.7 Å². The molecule has 8 nitrogen and oxygen atoms in total. The lowest BCUT2D eigenvalue weighted by atomic mass is 9.96. The number of aryl methyl sites for hydroxylation is 1. The summed E-state index contributed by atoms with van der Waals surface area (Å²) in [6.45, 7) is 2.85. The minimum absolute atomic E-state index is 0.0701. The van der Waals surface area contributed by atoms with Crippen LogP contribution in [-0.4, -0.2) is 47.1 Å². The van der Waals surface area contributed by atoms with Gasteiger partial charge in [-0.1, -0.05) is 0 Å². The fourth-order valence-electron chi connectivity index (χ4n) is 2.94. The van der Waals surface area contributed by atoms with E-state index in [1.165, 1.54) is 6.33 Å². The van der Waals surface area contributed by atoms with Crippen molar-refractivity contribution in [1.29, 1.82) is 0 Å². The highest BCUT2D eigenvalue weighted by Crippen LogP contribution is 2.32. The van der Waals surface area contributed by atoms with Gasteiger partial charge in [-0.3, -0.25) is 4.57 Å². The van der Waals surface area contributed by atoms with Crippen molar-refractivity contribution in [3.63, 3.8) is 0 Å². The molecule has 0 aromatic carbocycles. The van der Waals surface area contributed by atoms with Crippen LogP contribution in [-0.2, 0) is 16.5 Å². The van der Waals surface area contributed by atoms with Gasteiger partial charge in [0, 0.05) is 26.1 Å². The summed E-state index contributed by atoms with van der Waals surface area (Å²) < 4.78 is 12.8. The minimum atomic E-state index is -0.426. The molecule has 1 aromatic rings. The maximum absolute atomic E-state index is 11.0. The van der Waals surface area contributed by atoms with E-state index in [0.717, 1.165) is 25.9 Å². The zero-order valence-electron chi connectivity index (χ0n) is 11.4. The minimum Gasteiger partial charge on any atom is -0.358 e. The Morgan fingerprint density at radius 1 is 1.35 bits per heavy atom. The first-order chi connectivity index (χ1) is 9.66. The summed E-state index contributed by atoms with van der Waals surface area (Å²) in [6.07, 6.45) is 3.21. The van der Waals surface area contributed by atoms with Gasteiger partial charge in [-0.2, -0.15) is 0 Å². The van der Waals surface area contributed by atoms with Crippen LogP contribution < -0.4 is 4.90 Å². The third-order valence-corrected chi connectivity index (χ3v) is 3.93. The number of rotatable bonds is 3. The zero-order valence-corrected chi connectivity index (χ0v) is 11.4. The largest absolute Gasteiger partial charge is 0.406 e. The highest BCUT2D eigenvalue weighted by atomic mass is 16.7. The predicted molar refractivity (Wildman–Crippen MR) is 70.5 cm³/mol. The highest BCUT2D eigenvalue weighted by molar-refractivity contribution is 5.54. The zero-order chi connectivity index (χ0) is 14.1. The van der Waals surface area contributed by atoms with Crippen LogP contribution in [0.25, 0.3) is 0 Å². The van der Waals surface area contributed by atoms with Gasteiger partial charge in [0.25, 0.3) is 0 Å². The molecule has 0 saturated carbocycles. The van der Waals surface area contributed by atoms with E-state index in [1.54, 1.807) is 11.6 Å². The lowest BCUT2D eigenvalue weighted by Crippen LogP contribution is -2.39. The number of ether oxygens (including phenoxy) is 2. The van der Waals surface area contributed by atoms with Crippen LogP contribution in [0.2, 0.25) is 0 Å². The summed E-state index contributed by atoms with van der Waals surface area (Å²) in [7, 11) is 1.78. The summed E-state index contributed by atoms with van der Waals surface area (Å²) in [5.41, 5.74) is 0. The number of hydrogen-bond acceptors (Lipinski definition) is 6. The molecule has 0 spiro atoms. The number of nitrogens with zero attached hydrogens (tertiary/aromatic N) is 4. The molecule has 1 aromatic heterocycles. The predicted octanol–water partition coefficient (Wildman–Crippen LogP) is 0.918. The Kier molecular flexibility index (Phi) is 3.58. The lowest BCUT2D eigenvalue weighted by Gasteiger charge is -2.34. The summed E-state index contributed by atoms with van der Waals surface area (Å²) in [4.78, 5) is 16.5. The number of nitro groups is 1. The van der Waals surface area contributed by atoms with Crippen molar-refractivity contribution in [1.82, 2.24) is 9.55 Å². The molecule has 0 aliphatic carbocycles. The summed E-state index contributed by atoms with van der Waals surface area (Å²) in [5.74, 6) is 0.891. The number of imidazole rings is 1. The molecule has 2 fully saturated rings. The lowest BCUT2D eigenvalue weighted by molar-refractivity contribution is -0.388. The average molecular weight is 282 g/mol. The fraction of sp³-hybridized carbons (Fsp3) is 0.750. The molecule has 0 amide bonds. The first-order valence-corrected chi connectivity index (χ1v) is 6.80. The maximum atomic E-state index is 11.0.